The fourth-order valence-electron chi connectivity index (χ4n) is 3.09. The molecule has 1 aromatic heterocycles. The van der Waals surface area contributed by atoms with E-state index in [1.165, 1.54) is 18.4 Å². The van der Waals surface area contributed by atoms with Crippen LogP contribution in [0, 0.1) is 0 Å². The zero-order chi connectivity index (χ0) is 11.1. The van der Waals surface area contributed by atoms with Gasteiger partial charge in [-0.25, -0.2) is 0 Å². The van der Waals surface area contributed by atoms with Crippen LogP contribution in [-0.4, -0.2) is 29.7 Å². The Hall–Kier alpha value is -0.870. The van der Waals surface area contributed by atoms with Crippen LogP contribution in [0.2, 0.25) is 0 Å². The third-order valence-corrected chi connectivity index (χ3v) is 4.01. The number of fused-ring (bicyclic) bond motifs is 4. The molecule has 1 saturated heterocycles. The fraction of sp³-hybridized carbons (Fsp3) is 0.750. The SMILES string of the molecule is CCNCc1noc2c1C1CCC(C2)N1C. The normalized spacial score (nSPS) is 28.4. The second-order valence-electron chi connectivity index (χ2n) is 4.86. The first-order valence-corrected chi connectivity index (χ1v) is 6.21. The quantitative estimate of drug-likeness (QED) is 0.839. The lowest BCUT2D eigenvalue weighted by molar-refractivity contribution is 0.206. The number of rotatable bonds is 3. The van der Waals surface area contributed by atoms with E-state index in [4.69, 9.17) is 4.52 Å². The van der Waals surface area contributed by atoms with E-state index in [1.54, 1.807) is 0 Å². The molecule has 3 rings (SSSR count). The summed E-state index contributed by atoms with van der Waals surface area (Å²) in [4.78, 5) is 2.50. The van der Waals surface area contributed by atoms with Crippen molar-refractivity contribution < 1.29 is 4.52 Å². The molecule has 0 radical (unpaired) electrons. The Morgan fingerprint density at radius 2 is 2.38 bits per heavy atom. The molecule has 3 heterocycles. The lowest BCUT2D eigenvalue weighted by Gasteiger charge is -2.30. The summed E-state index contributed by atoms with van der Waals surface area (Å²) in [5.41, 5.74) is 2.49. The second-order valence-corrected chi connectivity index (χ2v) is 4.86. The van der Waals surface area contributed by atoms with Gasteiger partial charge in [0.15, 0.2) is 0 Å². The van der Waals surface area contributed by atoms with Gasteiger partial charge in [-0.15, -0.1) is 0 Å². The van der Waals surface area contributed by atoms with Crippen molar-refractivity contribution in [2.75, 3.05) is 13.6 Å². The molecule has 88 valence electrons. The zero-order valence-electron chi connectivity index (χ0n) is 9.99. The van der Waals surface area contributed by atoms with Crippen LogP contribution >= 0.6 is 0 Å². The highest BCUT2D eigenvalue weighted by Crippen LogP contribution is 2.43. The fourth-order valence-corrected chi connectivity index (χ4v) is 3.09. The highest BCUT2D eigenvalue weighted by Gasteiger charge is 2.41. The third kappa shape index (κ3) is 1.40. The highest BCUT2D eigenvalue weighted by atomic mass is 16.5. The number of hydrogen-bond acceptors (Lipinski definition) is 4. The molecule has 4 heteroatoms. The maximum absolute atomic E-state index is 5.50. The van der Waals surface area contributed by atoms with Crippen LogP contribution in [0.3, 0.4) is 0 Å². The monoisotopic (exact) mass is 221 g/mol. The first-order chi connectivity index (χ1) is 7.81. The summed E-state index contributed by atoms with van der Waals surface area (Å²) in [7, 11) is 2.23. The van der Waals surface area contributed by atoms with Gasteiger partial charge in [0, 0.05) is 30.6 Å². The Morgan fingerprint density at radius 1 is 1.50 bits per heavy atom. The molecule has 1 N–H and O–H groups in total. The molecule has 2 unspecified atom stereocenters. The molecule has 2 atom stereocenters. The number of nitrogens with one attached hydrogen (secondary N) is 1. The molecule has 2 aliphatic rings. The molecule has 4 nitrogen and oxygen atoms in total. The lowest BCUT2D eigenvalue weighted by atomic mass is 9.98. The van der Waals surface area contributed by atoms with Crippen LogP contribution in [0.4, 0.5) is 0 Å². The molecular weight excluding hydrogens is 202 g/mol. The Balaban J connectivity index is 1.92. The van der Waals surface area contributed by atoms with Crippen LogP contribution in [0.15, 0.2) is 4.52 Å². The predicted octanol–water partition coefficient (Wildman–Crippen LogP) is 1.48. The van der Waals surface area contributed by atoms with Gasteiger partial charge in [0.1, 0.15) is 11.5 Å². The summed E-state index contributed by atoms with van der Waals surface area (Å²) < 4.78 is 5.50. The summed E-state index contributed by atoms with van der Waals surface area (Å²) >= 11 is 0. The summed E-state index contributed by atoms with van der Waals surface area (Å²) in [6.07, 6.45) is 3.60. The van der Waals surface area contributed by atoms with Gasteiger partial charge in [0.2, 0.25) is 0 Å². The van der Waals surface area contributed by atoms with Gasteiger partial charge in [-0.05, 0) is 26.4 Å². The van der Waals surface area contributed by atoms with Crippen LogP contribution in [0.5, 0.6) is 0 Å². The minimum Gasteiger partial charge on any atom is -0.361 e. The second kappa shape index (κ2) is 3.86. The van der Waals surface area contributed by atoms with Crippen molar-refractivity contribution >= 4 is 0 Å². The Labute approximate surface area is 96.0 Å². The molecule has 1 aromatic rings. The zero-order valence-corrected chi connectivity index (χ0v) is 9.99. The van der Waals surface area contributed by atoms with Crippen molar-refractivity contribution in [2.45, 2.75) is 44.8 Å². The van der Waals surface area contributed by atoms with Crippen LogP contribution in [0.1, 0.15) is 42.8 Å². The standard InChI is InChI=1S/C12H19N3O/c1-3-13-7-9-12-10-5-4-8(15(10)2)6-11(12)16-14-9/h8,10,13H,3-7H2,1-2H3. The van der Waals surface area contributed by atoms with Crippen molar-refractivity contribution in [1.29, 1.82) is 0 Å². The molecular formula is C12H19N3O. The van der Waals surface area contributed by atoms with Crippen LogP contribution in [0.25, 0.3) is 0 Å². The minimum atomic E-state index is 0.550. The van der Waals surface area contributed by atoms with Crippen molar-refractivity contribution in [3.63, 3.8) is 0 Å². The van der Waals surface area contributed by atoms with Crippen molar-refractivity contribution in [1.82, 2.24) is 15.4 Å². The molecule has 0 aliphatic carbocycles. The topological polar surface area (TPSA) is 41.3 Å². The first-order valence-electron chi connectivity index (χ1n) is 6.21. The third-order valence-electron chi connectivity index (χ3n) is 4.01. The average molecular weight is 221 g/mol. The molecule has 0 spiro atoms. The van der Waals surface area contributed by atoms with E-state index < -0.39 is 0 Å². The van der Waals surface area contributed by atoms with E-state index in [0.717, 1.165) is 31.0 Å². The van der Waals surface area contributed by atoms with E-state index in [2.05, 4.69) is 29.3 Å². The highest BCUT2D eigenvalue weighted by molar-refractivity contribution is 5.32. The maximum atomic E-state index is 5.50. The van der Waals surface area contributed by atoms with Gasteiger partial charge in [0.25, 0.3) is 0 Å². The minimum absolute atomic E-state index is 0.550. The van der Waals surface area contributed by atoms with E-state index in [0.29, 0.717) is 12.1 Å². The number of nitrogens with zero attached hydrogens (tertiary/aromatic N) is 2. The number of hydrogen-bond donors (Lipinski definition) is 1. The summed E-state index contributed by atoms with van der Waals surface area (Å²) in [6, 6.07) is 1.23. The van der Waals surface area contributed by atoms with Gasteiger partial charge < -0.3 is 9.84 Å². The van der Waals surface area contributed by atoms with E-state index >= 15 is 0 Å². The Morgan fingerprint density at radius 3 is 3.19 bits per heavy atom. The Bertz CT molecular complexity index is 388. The van der Waals surface area contributed by atoms with Gasteiger partial charge in [-0.3, -0.25) is 4.90 Å². The predicted molar refractivity (Wildman–Crippen MR) is 61.1 cm³/mol. The molecule has 1 fully saturated rings. The summed E-state index contributed by atoms with van der Waals surface area (Å²) in [6.45, 7) is 3.93. The number of likely N-dealkylation sites (N-methyl/N-ethyl adjacent to an activating group) is 1. The van der Waals surface area contributed by atoms with Crippen molar-refractivity contribution in [3.8, 4) is 0 Å². The van der Waals surface area contributed by atoms with Gasteiger partial charge in [0.05, 0.1) is 0 Å². The largest absolute Gasteiger partial charge is 0.361 e. The van der Waals surface area contributed by atoms with Crippen molar-refractivity contribution in [3.05, 3.63) is 17.0 Å². The van der Waals surface area contributed by atoms with E-state index in [9.17, 15) is 0 Å². The first kappa shape index (κ1) is 10.3. The molecule has 0 saturated carbocycles. The average Bonchev–Trinajstić information content (AvgIpc) is 2.77. The molecule has 0 aromatic carbocycles. The van der Waals surface area contributed by atoms with Gasteiger partial charge >= 0.3 is 0 Å². The van der Waals surface area contributed by atoms with E-state index in [1.807, 2.05) is 0 Å². The Kier molecular flexibility index (Phi) is 2.48. The molecule has 16 heavy (non-hydrogen) atoms. The molecule has 0 amide bonds. The van der Waals surface area contributed by atoms with E-state index in [-0.39, 0.29) is 0 Å². The van der Waals surface area contributed by atoms with Crippen molar-refractivity contribution in [2.24, 2.45) is 0 Å². The smallest absolute Gasteiger partial charge is 0.143 e. The van der Waals surface area contributed by atoms with Gasteiger partial charge in [-0.2, -0.15) is 0 Å². The number of aromatic nitrogens is 1. The molecule has 2 bridgehead atoms. The lowest BCUT2D eigenvalue weighted by Crippen LogP contribution is -2.34. The maximum Gasteiger partial charge on any atom is 0.143 e. The summed E-state index contributed by atoms with van der Waals surface area (Å²) in [5.74, 6) is 1.14. The summed E-state index contributed by atoms with van der Waals surface area (Å²) in [5, 5.41) is 7.56. The van der Waals surface area contributed by atoms with Crippen LogP contribution in [-0.2, 0) is 13.0 Å². The van der Waals surface area contributed by atoms with Gasteiger partial charge in [-0.1, -0.05) is 12.1 Å². The van der Waals surface area contributed by atoms with Crippen LogP contribution < -0.4 is 5.32 Å². The molecule has 2 aliphatic heterocycles.